The first-order valence-corrected chi connectivity index (χ1v) is 5.76. The van der Waals surface area contributed by atoms with Crippen LogP contribution in [0.25, 0.3) is 0 Å². The summed E-state index contributed by atoms with van der Waals surface area (Å²) in [4.78, 5) is 22.8. The summed E-state index contributed by atoms with van der Waals surface area (Å²) in [6.45, 7) is 7.15. The molecule has 1 N–H and O–H groups in total. The summed E-state index contributed by atoms with van der Waals surface area (Å²) in [5.74, 6) is -0.138. The van der Waals surface area contributed by atoms with E-state index in [-0.39, 0.29) is 11.7 Å². The molecule has 0 bridgehead atoms. The summed E-state index contributed by atoms with van der Waals surface area (Å²) in [6.07, 6.45) is 0.325. The van der Waals surface area contributed by atoms with Gasteiger partial charge in [-0.15, -0.1) is 0 Å². The maximum Gasteiger partial charge on any atom is 0.225 e. The molecule has 0 aliphatic heterocycles. The van der Waals surface area contributed by atoms with Crippen LogP contribution in [0.3, 0.4) is 0 Å². The number of hydrogen-bond donors (Lipinski definition) is 1. The largest absolute Gasteiger partial charge is 0.346 e. The zero-order chi connectivity index (χ0) is 13.0. The van der Waals surface area contributed by atoms with Crippen LogP contribution >= 0.6 is 0 Å². The molecule has 3 nitrogen and oxygen atoms in total. The molecule has 0 saturated carbocycles. The van der Waals surface area contributed by atoms with Crippen molar-refractivity contribution in [1.82, 2.24) is 5.32 Å². The highest BCUT2D eigenvalue weighted by Gasteiger charge is 2.12. The fourth-order valence-corrected chi connectivity index (χ4v) is 1.56. The average molecular weight is 233 g/mol. The van der Waals surface area contributed by atoms with Crippen molar-refractivity contribution in [2.24, 2.45) is 0 Å². The Kier molecular flexibility index (Phi) is 4.44. The molecule has 0 aliphatic carbocycles. The monoisotopic (exact) mass is 233 g/mol. The van der Waals surface area contributed by atoms with Crippen LogP contribution < -0.4 is 5.32 Å². The van der Waals surface area contributed by atoms with E-state index in [0.717, 1.165) is 16.7 Å². The molecule has 92 valence electrons. The lowest BCUT2D eigenvalue weighted by Crippen LogP contribution is -2.38. The molecule has 1 atom stereocenters. The first kappa shape index (κ1) is 13.4. The molecule has 0 radical (unpaired) electrons. The van der Waals surface area contributed by atoms with E-state index in [1.807, 2.05) is 32.0 Å². The van der Waals surface area contributed by atoms with E-state index >= 15 is 0 Å². The van der Waals surface area contributed by atoms with Gasteiger partial charge < -0.3 is 5.32 Å². The molecule has 0 aliphatic rings. The summed E-state index contributed by atoms with van der Waals surface area (Å²) in [5, 5.41) is 2.69. The Bertz CT molecular complexity index is 438. The maximum atomic E-state index is 11.7. The molecule has 0 saturated heterocycles. The number of Topliss-reactive ketones (excluding diaryl/α,β-unsaturated/α-hetero) is 1. The number of hydrogen-bond acceptors (Lipinski definition) is 2. The molecule has 0 fully saturated rings. The second-order valence-corrected chi connectivity index (χ2v) is 4.51. The van der Waals surface area contributed by atoms with Gasteiger partial charge in [0.1, 0.15) is 0 Å². The van der Waals surface area contributed by atoms with Gasteiger partial charge in [-0.1, -0.05) is 23.8 Å². The van der Waals surface area contributed by atoms with Gasteiger partial charge in [0.2, 0.25) is 5.91 Å². The van der Waals surface area contributed by atoms with Gasteiger partial charge in [0.05, 0.1) is 12.5 Å². The Labute approximate surface area is 102 Å². The van der Waals surface area contributed by atoms with Crippen molar-refractivity contribution in [3.8, 4) is 0 Å². The number of benzene rings is 1. The Hall–Kier alpha value is -1.64. The van der Waals surface area contributed by atoms with Crippen molar-refractivity contribution in [2.45, 2.75) is 40.2 Å². The van der Waals surface area contributed by atoms with E-state index in [4.69, 9.17) is 0 Å². The predicted molar refractivity (Wildman–Crippen MR) is 67.9 cm³/mol. The van der Waals surface area contributed by atoms with E-state index in [9.17, 15) is 9.59 Å². The van der Waals surface area contributed by atoms with E-state index in [1.54, 1.807) is 6.92 Å². The zero-order valence-electron chi connectivity index (χ0n) is 10.8. The Morgan fingerprint density at radius 2 is 1.94 bits per heavy atom. The van der Waals surface area contributed by atoms with Crippen molar-refractivity contribution in [1.29, 1.82) is 0 Å². The van der Waals surface area contributed by atoms with Crippen molar-refractivity contribution in [3.63, 3.8) is 0 Å². The normalized spacial score (nSPS) is 12.0. The number of carbonyl (C=O) groups excluding carboxylic acids is 2. The van der Waals surface area contributed by atoms with E-state index in [1.165, 1.54) is 6.92 Å². The third kappa shape index (κ3) is 4.02. The number of aryl methyl sites for hydroxylation is 2. The second-order valence-electron chi connectivity index (χ2n) is 4.51. The number of amides is 1. The second kappa shape index (κ2) is 5.62. The Balaban J connectivity index is 2.68. The number of ketones is 1. The van der Waals surface area contributed by atoms with Gasteiger partial charge in [0.15, 0.2) is 5.78 Å². The van der Waals surface area contributed by atoms with Crippen molar-refractivity contribution >= 4 is 11.7 Å². The molecular formula is C14H19NO2. The van der Waals surface area contributed by atoms with Crippen molar-refractivity contribution in [3.05, 3.63) is 34.9 Å². The zero-order valence-corrected chi connectivity index (χ0v) is 10.8. The first-order chi connectivity index (χ1) is 7.90. The highest BCUT2D eigenvalue weighted by molar-refractivity contribution is 5.88. The average Bonchev–Trinajstić information content (AvgIpc) is 2.23. The Morgan fingerprint density at radius 3 is 2.53 bits per heavy atom. The molecule has 1 amide bonds. The lowest BCUT2D eigenvalue weighted by Gasteiger charge is -2.12. The minimum Gasteiger partial charge on any atom is -0.346 e. The summed E-state index contributed by atoms with van der Waals surface area (Å²) < 4.78 is 0. The van der Waals surface area contributed by atoms with Gasteiger partial charge in [-0.25, -0.2) is 0 Å². The van der Waals surface area contributed by atoms with E-state index in [0.29, 0.717) is 6.42 Å². The number of nitrogens with one attached hydrogen (secondary N) is 1. The first-order valence-electron chi connectivity index (χ1n) is 5.76. The minimum atomic E-state index is -0.410. The van der Waals surface area contributed by atoms with Crippen LogP contribution in [0.5, 0.6) is 0 Å². The minimum absolute atomic E-state index is 0.0284. The molecule has 0 heterocycles. The van der Waals surface area contributed by atoms with Crippen LogP contribution in [0.4, 0.5) is 0 Å². The van der Waals surface area contributed by atoms with Gasteiger partial charge >= 0.3 is 0 Å². The lowest BCUT2D eigenvalue weighted by atomic mass is 10.0. The fourth-order valence-electron chi connectivity index (χ4n) is 1.56. The van der Waals surface area contributed by atoms with Gasteiger partial charge in [0.25, 0.3) is 0 Å². The highest BCUT2D eigenvalue weighted by Crippen LogP contribution is 2.11. The molecular weight excluding hydrogens is 214 g/mol. The van der Waals surface area contributed by atoms with Gasteiger partial charge in [-0.3, -0.25) is 9.59 Å². The van der Waals surface area contributed by atoms with Gasteiger partial charge in [0, 0.05) is 0 Å². The van der Waals surface area contributed by atoms with E-state index < -0.39 is 6.04 Å². The van der Waals surface area contributed by atoms with Crippen LogP contribution in [0.15, 0.2) is 18.2 Å². The van der Waals surface area contributed by atoms with Crippen LogP contribution in [0.1, 0.15) is 30.5 Å². The molecule has 0 aromatic heterocycles. The van der Waals surface area contributed by atoms with Crippen LogP contribution in [-0.4, -0.2) is 17.7 Å². The standard InChI is InChI=1S/C14H19NO2/c1-9-5-6-10(2)13(7-9)8-14(17)15-11(3)12(4)16/h5-7,11H,8H2,1-4H3,(H,15,17). The van der Waals surface area contributed by atoms with Crippen LogP contribution in [0.2, 0.25) is 0 Å². The van der Waals surface area contributed by atoms with Crippen molar-refractivity contribution < 1.29 is 9.59 Å². The summed E-state index contributed by atoms with van der Waals surface area (Å²) in [5.41, 5.74) is 3.25. The molecule has 1 aromatic rings. The van der Waals surface area contributed by atoms with Gasteiger partial charge in [-0.2, -0.15) is 0 Å². The highest BCUT2D eigenvalue weighted by atomic mass is 16.2. The molecule has 1 unspecified atom stereocenters. The van der Waals surface area contributed by atoms with Gasteiger partial charge in [-0.05, 0) is 38.8 Å². The molecule has 1 rings (SSSR count). The Morgan fingerprint density at radius 1 is 1.29 bits per heavy atom. The predicted octanol–water partition coefficient (Wildman–Crippen LogP) is 1.94. The SMILES string of the molecule is CC(=O)C(C)NC(=O)Cc1cc(C)ccc1C. The third-order valence-electron chi connectivity index (χ3n) is 2.84. The molecule has 3 heteroatoms. The van der Waals surface area contributed by atoms with Crippen LogP contribution in [-0.2, 0) is 16.0 Å². The summed E-state index contributed by atoms with van der Waals surface area (Å²) in [7, 11) is 0. The summed E-state index contributed by atoms with van der Waals surface area (Å²) in [6, 6.07) is 5.63. The number of rotatable bonds is 4. The lowest BCUT2D eigenvalue weighted by molar-refractivity contribution is -0.126. The maximum absolute atomic E-state index is 11.7. The fraction of sp³-hybridized carbons (Fsp3) is 0.429. The van der Waals surface area contributed by atoms with E-state index in [2.05, 4.69) is 5.32 Å². The topological polar surface area (TPSA) is 46.2 Å². The molecule has 0 spiro atoms. The number of carbonyl (C=O) groups is 2. The summed E-state index contributed by atoms with van der Waals surface area (Å²) >= 11 is 0. The smallest absolute Gasteiger partial charge is 0.225 e. The van der Waals surface area contributed by atoms with Crippen molar-refractivity contribution in [2.75, 3.05) is 0 Å². The molecule has 17 heavy (non-hydrogen) atoms. The third-order valence-corrected chi connectivity index (χ3v) is 2.84. The quantitative estimate of drug-likeness (QED) is 0.863. The van der Waals surface area contributed by atoms with Crippen LogP contribution in [0, 0.1) is 13.8 Å². The molecule has 1 aromatic carbocycles.